The standard InChI is InChI=1S/C14H14ClNO2/c1-17-14-10(15)8-13(14)18-12-6-2-5-11-9(12)4-3-7-16-11/h2-7,10,13-14H,8H2,1H3. The highest BCUT2D eigenvalue weighted by atomic mass is 35.5. The molecule has 0 amide bonds. The molecule has 0 aliphatic heterocycles. The largest absolute Gasteiger partial charge is 0.487 e. The van der Waals surface area contributed by atoms with Crippen molar-refractivity contribution >= 4 is 22.5 Å². The lowest BCUT2D eigenvalue weighted by Crippen LogP contribution is -2.52. The van der Waals surface area contributed by atoms with Gasteiger partial charge in [0, 0.05) is 25.1 Å². The highest BCUT2D eigenvalue weighted by Gasteiger charge is 2.42. The van der Waals surface area contributed by atoms with Gasteiger partial charge < -0.3 is 9.47 Å². The minimum Gasteiger partial charge on any atom is -0.487 e. The molecule has 18 heavy (non-hydrogen) atoms. The van der Waals surface area contributed by atoms with Crippen molar-refractivity contribution < 1.29 is 9.47 Å². The van der Waals surface area contributed by atoms with Gasteiger partial charge in [-0.2, -0.15) is 0 Å². The maximum Gasteiger partial charge on any atom is 0.129 e. The van der Waals surface area contributed by atoms with E-state index in [0.717, 1.165) is 23.1 Å². The molecule has 3 unspecified atom stereocenters. The Kier molecular flexibility index (Phi) is 3.10. The average Bonchev–Trinajstić information content (AvgIpc) is 2.39. The van der Waals surface area contributed by atoms with Crippen LogP contribution in [0.5, 0.6) is 5.75 Å². The van der Waals surface area contributed by atoms with Crippen molar-refractivity contribution in [3.8, 4) is 5.75 Å². The molecule has 0 radical (unpaired) electrons. The molecular formula is C14H14ClNO2. The summed E-state index contributed by atoms with van der Waals surface area (Å²) in [7, 11) is 1.67. The number of alkyl halides is 1. The number of hydrogen-bond donors (Lipinski definition) is 0. The molecule has 0 bridgehead atoms. The van der Waals surface area contributed by atoms with Gasteiger partial charge in [0.05, 0.1) is 10.9 Å². The molecule has 3 nitrogen and oxygen atoms in total. The predicted molar refractivity (Wildman–Crippen MR) is 71.2 cm³/mol. The molecule has 94 valence electrons. The van der Waals surface area contributed by atoms with Crippen LogP contribution in [-0.2, 0) is 4.74 Å². The van der Waals surface area contributed by atoms with Crippen LogP contribution >= 0.6 is 11.6 Å². The Labute approximate surface area is 111 Å². The summed E-state index contributed by atoms with van der Waals surface area (Å²) in [5, 5.41) is 1.07. The molecule has 1 heterocycles. The normalized spacial score (nSPS) is 26.9. The van der Waals surface area contributed by atoms with E-state index in [2.05, 4.69) is 4.98 Å². The Morgan fingerprint density at radius 2 is 2.17 bits per heavy atom. The summed E-state index contributed by atoms with van der Waals surface area (Å²) in [6.07, 6.45) is 2.60. The third kappa shape index (κ3) is 1.93. The molecule has 2 aromatic rings. The molecule has 3 atom stereocenters. The van der Waals surface area contributed by atoms with E-state index in [-0.39, 0.29) is 17.6 Å². The van der Waals surface area contributed by atoms with Crippen molar-refractivity contribution in [3.05, 3.63) is 36.5 Å². The van der Waals surface area contributed by atoms with Gasteiger partial charge in [-0.3, -0.25) is 4.98 Å². The molecule has 1 saturated carbocycles. The van der Waals surface area contributed by atoms with Crippen LogP contribution in [0.1, 0.15) is 6.42 Å². The van der Waals surface area contributed by atoms with Crippen LogP contribution in [0.3, 0.4) is 0 Å². The van der Waals surface area contributed by atoms with Crippen molar-refractivity contribution in [1.82, 2.24) is 4.98 Å². The zero-order valence-corrected chi connectivity index (χ0v) is 10.8. The van der Waals surface area contributed by atoms with Crippen LogP contribution in [0.4, 0.5) is 0 Å². The maximum absolute atomic E-state index is 6.08. The number of rotatable bonds is 3. The summed E-state index contributed by atoms with van der Waals surface area (Å²) < 4.78 is 11.3. The molecule has 3 rings (SSSR count). The van der Waals surface area contributed by atoms with Crippen molar-refractivity contribution in [2.75, 3.05) is 7.11 Å². The highest BCUT2D eigenvalue weighted by molar-refractivity contribution is 6.21. The number of nitrogens with zero attached hydrogens (tertiary/aromatic N) is 1. The Bertz CT molecular complexity index is 555. The number of pyridine rings is 1. The van der Waals surface area contributed by atoms with Gasteiger partial charge in [0.25, 0.3) is 0 Å². The maximum atomic E-state index is 6.08. The van der Waals surface area contributed by atoms with Crippen LogP contribution in [0.25, 0.3) is 10.9 Å². The van der Waals surface area contributed by atoms with Crippen LogP contribution < -0.4 is 4.74 Å². The Morgan fingerprint density at radius 3 is 2.94 bits per heavy atom. The Hall–Kier alpha value is -1.32. The SMILES string of the molecule is COC1C(Cl)CC1Oc1cccc2ncccc12. The Balaban J connectivity index is 1.87. The molecule has 1 aromatic carbocycles. The third-order valence-electron chi connectivity index (χ3n) is 3.34. The quantitative estimate of drug-likeness (QED) is 0.798. The second kappa shape index (κ2) is 4.75. The van der Waals surface area contributed by atoms with Crippen molar-refractivity contribution in [2.24, 2.45) is 0 Å². The van der Waals surface area contributed by atoms with Gasteiger partial charge in [0.15, 0.2) is 0 Å². The molecule has 1 aliphatic carbocycles. The van der Waals surface area contributed by atoms with Gasteiger partial charge >= 0.3 is 0 Å². The summed E-state index contributed by atoms with van der Waals surface area (Å²) >= 11 is 6.08. The smallest absolute Gasteiger partial charge is 0.129 e. The van der Waals surface area contributed by atoms with Gasteiger partial charge in [-0.1, -0.05) is 6.07 Å². The lowest BCUT2D eigenvalue weighted by molar-refractivity contribution is -0.0577. The number of halogens is 1. The summed E-state index contributed by atoms with van der Waals surface area (Å²) in [4.78, 5) is 4.31. The number of aromatic nitrogens is 1. The topological polar surface area (TPSA) is 31.4 Å². The van der Waals surface area contributed by atoms with Crippen molar-refractivity contribution in [2.45, 2.75) is 24.0 Å². The summed E-state index contributed by atoms with van der Waals surface area (Å²) in [6, 6.07) is 9.80. The minimum absolute atomic E-state index is 0.0291. The first kappa shape index (κ1) is 11.8. The zero-order valence-electron chi connectivity index (χ0n) is 10.0. The van der Waals surface area contributed by atoms with Gasteiger partial charge in [0.1, 0.15) is 18.0 Å². The van der Waals surface area contributed by atoms with Gasteiger partial charge in [-0.25, -0.2) is 0 Å². The van der Waals surface area contributed by atoms with Gasteiger partial charge in [-0.05, 0) is 24.3 Å². The lowest BCUT2D eigenvalue weighted by Gasteiger charge is -2.39. The summed E-state index contributed by atoms with van der Waals surface area (Å²) in [5.74, 6) is 0.844. The molecule has 1 aliphatic rings. The van der Waals surface area contributed by atoms with Crippen molar-refractivity contribution in [1.29, 1.82) is 0 Å². The van der Waals surface area contributed by atoms with E-state index in [9.17, 15) is 0 Å². The number of fused-ring (bicyclic) bond motifs is 1. The van der Waals surface area contributed by atoms with Crippen LogP contribution in [0.2, 0.25) is 0 Å². The number of methoxy groups -OCH3 is 1. The van der Waals surface area contributed by atoms with Crippen LogP contribution in [0, 0.1) is 0 Å². The molecule has 4 heteroatoms. The summed E-state index contributed by atoms with van der Waals surface area (Å²) in [6.45, 7) is 0. The first-order valence-electron chi connectivity index (χ1n) is 5.97. The van der Waals surface area contributed by atoms with Crippen molar-refractivity contribution in [3.63, 3.8) is 0 Å². The first-order chi connectivity index (χ1) is 8.79. The molecular weight excluding hydrogens is 250 g/mol. The fraction of sp³-hybridized carbons (Fsp3) is 0.357. The molecule has 0 N–H and O–H groups in total. The van der Waals surface area contributed by atoms with E-state index < -0.39 is 0 Å². The lowest BCUT2D eigenvalue weighted by atomic mass is 9.91. The van der Waals surface area contributed by atoms with Crippen LogP contribution in [-0.4, -0.2) is 29.7 Å². The zero-order chi connectivity index (χ0) is 12.5. The second-order valence-electron chi connectivity index (χ2n) is 4.43. The number of benzene rings is 1. The van der Waals surface area contributed by atoms with E-state index in [1.807, 2.05) is 30.3 Å². The molecule has 1 aromatic heterocycles. The highest BCUT2D eigenvalue weighted by Crippen LogP contribution is 2.34. The molecule has 0 saturated heterocycles. The van der Waals surface area contributed by atoms with Crippen LogP contribution in [0.15, 0.2) is 36.5 Å². The average molecular weight is 264 g/mol. The molecule has 1 fully saturated rings. The Morgan fingerprint density at radius 1 is 1.28 bits per heavy atom. The fourth-order valence-corrected chi connectivity index (χ4v) is 2.72. The minimum atomic E-state index is -0.0291. The monoisotopic (exact) mass is 263 g/mol. The molecule has 0 spiro atoms. The third-order valence-corrected chi connectivity index (χ3v) is 3.76. The predicted octanol–water partition coefficient (Wildman–Crippen LogP) is 3.01. The summed E-state index contributed by atoms with van der Waals surface area (Å²) in [5.41, 5.74) is 0.936. The van der Waals surface area contributed by atoms with E-state index in [0.29, 0.717) is 0 Å². The van der Waals surface area contributed by atoms with Gasteiger partial charge in [-0.15, -0.1) is 11.6 Å². The van der Waals surface area contributed by atoms with E-state index in [1.165, 1.54) is 0 Å². The van der Waals surface area contributed by atoms with E-state index in [1.54, 1.807) is 13.3 Å². The number of hydrogen-bond acceptors (Lipinski definition) is 3. The van der Waals surface area contributed by atoms with E-state index in [4.69, 9.17) is 21.1 Å². The fourth-order valence-electron chi connectivity index (χ4n) is 2.28. The van der Waals surface area contributed by atoms with Gasteiger partial charge in [0.2, 0.25) is 0 Å². The van der Waals surface area contributed by atoms with E-state index >= 15 is 0 Å². The first-order valence-corrected chi connectivity index (χ1v) is 6.40. The number of ether oxygens (including phenoxy) is 2. The second-order valence-corrected chi connectivity index (χ2v) is 5.00.